The molecule has 1 heterocycles. The number of hydrogen-bond acceptors (Lipinski definition) is 3. The number of ether oxygens (including phenoxy) is 2. The first-order chi connectivity index (χ1) is 9.55. The van der Waals surface area contributed by atoms with Crippen LogP contribution in [0, 0.1) is 5.82 Å². The zero-order valence-electron chi connectivity index (χ0n) is 11.4. The van der Waals surface area contributed by atoms with Crippen LogP contribution in [0.4, 0.5) is 4.39 Å². The van der Waals surface area contributed by atoms with E-state index in [1.54, 1.807) is 11.0 Å². The van der Waals surface area contributed by atoms with Gasteiger partial charge in [-0.3, -0.25) is 4.79 Å². The van der Waals surface area contributed by atoms with Crippen LogP contribution in [0.15, 0.2) is 18.2 Å². The number of alkyl halides is 1. The average Bonchev–Trinajstić information content (AvgIpc) is 2.45. The first kappa shape index (κ1) is 15.3. The van der Waals surface area contributed by atoms with Gasteiger partial charge in [0.05, 0.1) is 19.3 Å². The van der Waals surface area contributed by atoms with E-state index in [9.17, 15) is 9.18 Å². The molecule has 0 radical (unpaired) electrons. The lowest BCUT2D eigenvalue weighted by Crippen LogP contribution is -2.49. The number of benzene rings is 1. The molecule has 2 rings (SSSR count). The number of morpholine rings is 1. The minimum atomic E-state index is -0.531. The number of rotatable bonds is 3. The van der Waals surface area contributed by atoms with Gasteiger partial charge in [-0.1, -0.05) is 15.9 Å². The Kier molecular flexibility index (Phi) is 4.99. The lowest BCUT2D eigenvalue weighted by atomic mass is 10.1. The summed E-state index contributed by atoms with van der Waals surface area (Å²) in [6.45, 7) is 2.93. The normalized spacial score (nSPS) is 22.7. The first-order valence-electron chi connectivity index (χ1n) is 6.39. The Morgan fingerprint density at radius 3 is 2.90 bits per heavy atom. The van der Waals surface area contributed by atoms with Gasteiger partial charge in [-0.2, -0.15) is 0 Å². The molecule has 1 aliphatic heterocycles. The molecule has 2 atom stereocenters. The lowest BCUT2D eigenvalue weighted by Gasteiger charge is -2.36. The summed E-state index contributed by atoms with van der Waals surface area (Å²) in [7, 11) is 1.39. The molecule has 1 saturated heterocycles. The van der Waals surface area contributed by atoms with Crippen molar-refractivity contribution in [2.75, 3.05) is 25.5 Å². The summed E-state index contributed by atoms with van der Waals surface area (Å²) in [5.41, 5.74) is 0.325. The van der Waals surface area contributed by atoms with E-state index in [0.717, 1.165) is 0 Å². The quantitative estimate of drug-likeness (QED) is 0.790. The minimum absolute atomic E-state index is 0.0293. The number of nitrogens with zero attached hydrogens (tertiary/aromatic N) is 1. The van der Waals surface area contributed by atoms with Gasteiger partial charge in [0.2, 0.25) is 0 Å². The van der Waals surface area contributed by atoms with Crippen molar-refractivity contribution in [3.8, 4) is 5.75 Å². The van der Waals surface area contributed by atoms with Crippen LogP contribution in [0.25, 0.3) is 0 Å². The van der Waals surface area contributed by atoms with E-state index >= 15 is 0 Å². The predicted molar refractivity (Wildman–Crippen MR) is 77.0 cm³/mol. The number of amides is 1. The maximum atomic E-state index is 13.7. The third-order valence-corrected chi connectivity index (χ3v) is 3.91. The Morgan fingerprint density at radius 1 is 1.55 bits per heavy atom. The van der Waals surface area contributed by atoms with Gasteiger partial charge < -0.3 is 14.4 Å². The Balaban J connectivity index is 2.16. The standard InChI is InChI=1S/C14H17BrFNO3/c1-9-7-17(8-11(6-15)20-9)14(18)10-3-4-13(19-2)12(16)5-10/h3-5,9,11H,6-8H2,1-2H3. The second-order valence-electron chi connectivity index (χ2n) is 4.78. The van der Waals surface area contributed by atoms with Gasteiger partial charge in [0, 0.05) is 24.0 Å². The van der Waals surface area contributed by atoms with Gasteiger partial charge in [0.25, 0.3) is 5.91 Å². The molecule has 0 saturated carbocycles. The molecule has 1 fully saturated rings. The summed E-state index contributed by atoms with van der Waals surface area (Å²) in [6, 6.07) is 4.26. The van der Waals surface area contributed by atoms with Crippen LogP contribution in [0.2, 0.25) is 0 Å². The fourth-order valence-corrected chi connectivity index (χ4v) is 2.64. The van der Waals surface area contributed by atoms with E-state index in [1.807, 2.05) is 6.92 Å². The highest BCUT2D eigenvalue weighted by Crippen LogP contribution is 2.20. The molecule has 1 aliphatic rings. The highest BCUT2D eigenvalue weighted by molar-refractivity contribution is 9.09. The Morgan fingerprint density at radius 2 is 2.30 bits per heavy atom. The number of methoxy groups -OCH3 is 1. The maximum absolute atomic E-state index is 13.7. The molecular formula is C14H17BrFNO3. The van der Waals surface area contributed by atoms with E-state index in [-0.39, 0.29) is 23.9 Å². The molecule has 0 aliphatic carbocycles. The van der Waals surface area contributed by atoms with E-state index < -0.39 is 5.82 Å². The predicted octanol–water partition coefficient (Wildman–Crippen LogP) is 2.46. The minimum Gasteiger partial charge on any atom is -0.494 e. The van der Waals surface area contributed by atoms with Crippen molar-refractivity contribution in [3.05, 3.63) is 29.6 Å². The fraction of sp³-hybridized carbons (Fsp3) is 0.500. The molecule has 110 valence electrons. The second-order valence-corrected chi connectivity index (χ2v) is 5.43. The smallest absolute Gasteiger partial charge is 0.254 e. The molecular weight excluding hydrogens is 329 g/mol. The summed E-state index contributed by atoms with van der Waals surface area (Å²) in [4.78, 5) is 14.1. The van der Waals surface area contributed by atoms with Crippen LogP contribution in [0.3, 0.4) is 0 Å². The van der Waals surface area contributed by atoms with Crippen LogP contribution in [-0.4, -0.2) is 48.5 Å². The molecule has 4 nitrogen and oxygen atoms in total. The molecule has 1 aromatic carbocycles. The monoisotopic (exact) mass is 345 g/mol. The highest BCUT2D eigenvalue weighted by atomic mass is 79.9. The van der Waals surface area contributed by atoms with Gasteiger partial charge >= 0.3 is 0 Å². The summed E-state index contributed by atoms with van der Waals surface area (Å²) in [5, 5.41) is 0.665. The molecule has 6 heteroatoms. The van der Waals surface area contributed by atoms with Gasteiger partial charge in [-0.25, -0.2) is 4.39 Å². The van der Waals surface area contributed by atoms with Crippen LogP contribution < -0.4 is 4.74 Å². The van der Waals surface area contributed by atoms with Crippen molar-refractivity contribution in [1.82, 2.24) is 4.90 Å². The molecule has 0 N–H and O–H groups in total. The molecule has 0 spiro atoms. The number of halogens is 2. The fourth-order valence-electron chi connectivity index (χ4n) is 2.28. The topological polar surface area (TPSA) is 38.8 Å². The van der Waals surface area contributed by atoms with E-state index in [1.165, 1.54) is 19.2 Å². The Hall–Kier alpha value is -1.14. The molecule has 1 amide bonds. The van der Waals surface area contributed by atoms with Crippen LogP contribution in [0.5, 0.6) is 5.75 Å². The highest BCUT2D eigenvalue weighted by Gasteiger charge is 2.28. The number of carbonyl (C=O) groups excluding carboxylic acids is 1. The van der Waals surface area contributed by atoms with Gasteiger partial charge in [0.15, 0.2) is 11.6 Å². The third kappa shape index (κ3) is 3.30. The van der Waals surface area contributed by atoms with E-state index in [2.05, 4.69) is 15.9 Å². The summed E-state index contributed by atoms with van der Waals surface area (Å²) >= 11 is 3.36. The van der Waals surface area contributed by atoms with Gasteiger partial charge in [-0.15, -0.1) is 0 Å². The first-order valence-corrected chi connectivity index (χ1v) is 7.51. The Labute approximate surface area is 126 Å². The zero-order chi connectivity index (χ0) is 14.7. The lowest BCUT2D eigenvalue weighted by molar-refractivity contribution is -0.0559. The average molecular weight is 346 g/mol. The van der Waals surface area contributed by atoms with Crippen molar-refractivity contribution in [2.24, 2.45) is 0 Å². The summed E-state index contributed by atoms with van der Waals surface area (Å²) in [6.07, 6.45) is -0.0656. The largest absolute Gasteiger partial charge is 0.494 e. The van der Waals surface area contributed by atoms with Gasteiger partial charge in [0.1, 0.15) is 0 Å². The zero-order valence-corrected chi connectivity index (χ0v) is 13.0. The third-order valence-electron chi connectivity index (χ3n) is 3.18. The van der Waals surface area contributed by atoms with Crippen molar-refractivity contribution < 1.29 is 18.7 Å². The van der Waals surface area contributed by atoms with E-state index in [4.69, 9.17) is 9.47 Å². The number of carbonyl (C=O) groups is 1. The number of hydrogen-bond donors (Lipinski definition) is 0. The second kappa shape index (κ2) is 6.54. The molecule has 0 aromatic heterocycles. The molecule has 0 bridgehead atoms. The van der Waals surface area contributed by atoms with E-state index in [0.29, 0.717) is 24.0 Å². The SMILES string of the molecule is COc1ccc(C(=O)N2CC(C)OC(CBr)C2)cc1F. The maximum Gasteiger partial charge on any atom is 0.254 e. The summed E-state index contributed by atoms with van der Waals surface area (Å²) in [5.74, 6) is -0.584. The van der Waals surface area contributed by atoms with Crippen LogP contribution in [-0.2, 0) is 4.74 Å². The molecule has 20 heavy (non-hydrogen) atoms. The van der Waals surface area contributed by atoms with Crippen LogP contribution in [0.1, 0.15) is 17.3 Å². The molecule has 1 aromatic rings. The van der Waals surface area contributed by atoms with Crippen molar-refractivity contribution in [1.29, 1.82) is 0 Å². The molecule has 2 unspecified atom stereocenters. The van der Waals surface area contributed by atoms with Crippen molar-refractivity contribution in [3.63, 3.8) is 0 Å². The Bertz CT molecular complexity index is 497. The van der Waals surface area contributed by atoms with Crippen molar-refractivity contribution in [2.45, 2.75) is 19.1 Å². The van der Waals surface area contributed by atoms with Crippen molar-refractivity contribution >= 4 is 21.8 Å². The van der Waals surface area contributed by atoms with Gasteiger partial charge in [-0.05, 0) is 25.1 Å². The summed E-state index contributed by atoms with van der Waals surface area (Å²) < 4.78 is 24.2. The van der Waals surface area contributed by atoms with Crippen LogP contribution >= 0.6 is 15.9 Å².